The Labute approximate surface area is 197 Å². The fourth-order valence-corrected chi connectivity index (χ4v) is 3.83. The molecular weight excluding hydrogens is 426 g/mol. The van der Waals surface area contributed by atoms with Crippen molar-refractivity contribution in [1.29, 1.82) is 0 Å². The van der Waals surface area contributed by atoms with Crippen molar-refractivity contribution in [2.24, 2.45) is 0 Å². The van der Waals surface area contributed by atoms with Crippen molar-refractivity contribution >= 4 is 11.6 Å². The molecule has 0 atom stereocenters. The van der Waals surface area contributed by atoms with Crippen LogP contribution in [0.1, 0.15) is 17.0 Å². The fraction of sp³-hybridized carbons (Fsp3) is 0.111. The van der Waals surface area contributed by atoms with Gasteiger partial charge in [-0.1, -0.05) is 91.0 Å². The molecule has 7 nitrogen and oxygen atoms in total. The second kappa shape index (κ2) is 9.95. The van der Waals surface area contributed by atoms with Crippen LogP contribution in [0.5, 0.6) is 5.88 Å². The van der Waals surface area contributed by atoms with Crippen LogP contribution in [0.3, 0.4) is 0 Å². The summed E-state index contributed by atoms with van der Waals surface area (Å²) in [6, 6.07) is 32.8. The van der Waals surface area contributed by atoms with E-state index < -0.39 is 0 Å². The average Bonchev–Trinajstić information content (AvgIpc) is 3.32. The van der Waals surface area contributed by atoms with Crippen LogP contribution in [-0.2, 0) is 4.79 Å². The molecule has 7 heteroatoms. The first-order valence-corrected chi connectivity index (χ1v) is 11.1. The maximum absolute atomic E-state index is 13.1. The first-order chi connectivity index (χ1) is 16.8. The molecule has 0 bridgehead atoms. The van der Waals surface area contributed by atoms with Crippen LogP contribution in [0.25, 0.3) is 17.0 Å². The van der Waals surface area contributed by atoms with Gasteiger partial charge in [0.2, 0.25) is 11.8 Å². The Balaban J connectivity index is 1.25. The van der Waals surface area contributed by atoms with E-state index in [2.05, 4.69) is 20.6 Å². The first-order valence-electron chi connectivity index (χ1n) is 11.1. The Kier molecular flexibility index (Phi) is 6.25. The predicted octanol–water partition coefficient (Wildman–Crippen LogP) is 4.12. The number of fused-ring (bicyclic) bond motifs is 1. The van der Waals surface area contributed by atoms with Crippen molar-refractivity contribution in [1.82, 2.24) is 25.1 Å². The van der Waals surface area contributed by atoms with Crippen LogP contribution in [0.4, 0.5) is 0 Å². The average molecular weight is 450 g/mol. The van der Waals surface area contributed by atoms with Crippen LogP contribution in [0, 0.1) is 0 Å². The van der Waals surface area contributed by atoms with Gasteiger partial charge in [-0.25, -0.2) is 0 Å². The summed E-state index contributed by atoms with van der Waals surface area (Å²) in [7, 11) is 0. The highest BCUT2D eigenvalue weighted by molar-refractivity contribution is 5.87. The molecule has 168 valence electrons. The Hall–Kier alpha value is -4.52. The summed E-state index contributed by atoms with van der Waals surface area (Å²) in [6.07, 6.45) is 0. The zero-order valence-corrected chi connectivity index (χ0v) is 18.4. The number of benzene rings is 3. The third-order valence-corrected chi connectivity index (χ3v) is 5.45. The molecule has 5 aromatic rings. The Morgan fingerprint density at radius 1 is 0.794 bits per heavy atom. The number of carbonyl (C=O) groups excluding carboxylic acids is 1. The molecule has 0 radical (unpaired) electrons. The molecule has 0 aliphatic carbocycles. The predicted molar refractivity (Wildman–Crippen MR) is 129 cm³/mol. The normalized spacial score (nSPS) is 11.0. The van der Waals surface area contributed by atoms with Gasteiger partial charge in [-0.2, -0.15) is 4.52 Å². The molecule has 0 saturated heterocycles. The standard InChI is InChI=1S/C27H23N5O2/c33-27(25(20-10-4-1-5-11-20)21-12-6-2-7-13-21)28-18-19-34-24-17-16-23-29-30-26(32(23)31-24)22-14-8-3-9-15-22/h1-17,25H,18-19H2,(H,28,33). The van der Waals surface area contributed by atoms with Crippen LogP contribution in [0.15, 0.2) is 103 Å². The monoisotopic (exact) mass is 449 g/mol. The van der Waals surface area contributed by atoms with Gasteiger partial charge >= 0.3 is 0 Å². The van der Waals surface area contributed by atoms with Gasteiger partial charge in [0, 0.05) is 11.6 Å². The van der Waals surface area contributed by atoms with E-state index in [1.807, 2.05) is 91.0 Å². The maximum atomic E-state index is 13.1. The van der Waals surface area contributed by atoms with Crippen molar-refractivity contribution in [3.05, 3.63) is 114 Å². The zero-order chi connectivity index (χ0) is 23.2. The molecule has 0 spiro atoms. The van der Waals surface area contributed by atoms with E-state index in [1.165, 1.54) is 0 Å². The summed E-state index contributed by atoms with van der Waals surface area (Å²) < 4.78 is 7.47. The molecule has 0 unspecified atom stereocenters. The minimum Gasteiger partial charge on any atom is -0.475 e. The summed E-state index contributed by atoms with van der Waals surface area (Å²) in [5.74, 6) is 0.612. The molecule has 5 rings (SSSR count). The van der Waals surface area contributed by atoms with Gasteiger partial charge in [-0.15, -0.1) is 15.3 Å². The van der Waals surface area contributed by atoms with E-state index in [9.17, 15) is 4.79 Å². The largest absolute Gasteiger partial charge is 0.475 e. The molecule has 0 saturated carbocycles. The highest BCUT2D eigenvalue weighted by Crippen LogP contribution is 2.24. The number of ether oxygens (including phenoxy) is 1. The summed E-state index contributed by atoms with van der Waals surface area (Å²) in [6.45, 7) is 0.631. The summed E-state index contributed by atoms with van der Waals surface area (Å²) in [5.41, 5.74) is 3.44. The van der Waals surface area contributed by atoms with Gasteiger partial charge in [0.1, 0.15) is 6.61 Å². The minimum absolute atomic E-state index is 0.0745. The number of amides is 1. The molecule has 0 aliphatic rings. The number of nitrogens with one attached hydrogen (secondary N) is 1. The van der Waals surface area contributed by atoms with Crippen molar-refractivity contribution in [2.75, 3.05) is 13.2 Å². The zero-order valence-electron chi connectivity index (χ0n) is 18.4. The molecule has 1 N–H and O–H groups in total. The van der Waals surface area contributed by atoms with E-state index in [0.717, 1.165) is 16.7 Å². The number of hydrogen-bond donors (Lipinski definition) is 1. The maximum Gasteiger partial charge on any atom is 0.232 e. The minimum atomic E-state index is -0.387. The molecule has 1 amide bonds. The van der Waals surface area contributed by atoms with E-state index in [-0.39, 0.29) is 18.4 Å². The highest BCUT2D eigenvalue weighted by Gasteiger charge is 2.22. The third kappa shape index (κ3) is 4.63. The fourth-order valence-electron chi connectivity index (χ4n) is 3.83. The van der Waals surface area contributed by atoms with E-state index in [1.54, 1.807) is 16.6 Å². The number of nitrogens with zero attached hydrogens (tertiary/aromatic N) is 4. The molecule has 34 heavy (non-hydrogen) atoms. The number of aromatic nitrogens is 4. The number of hydrogen-bond acceptors (Lipinski definition) is 5. The van der Waals surface area contributed by atoms with Crippen molar-refractivity contribution in [3.8, 4) is 17.3 Å². The second-order valence-electron chi connectivity index (χ2n) is 7.73. The lowest BCUT2D eigenvalue weighted by atomic mass is 9.90. The van der Waals surface area contributed by atoms with Gasteiger partial charge in [-0.05, 0) is 17.2 Å². The lowest BCUT2D eigenvalue weighted by Crippen LogP contribution is -2.33. The van der Waals surface area contributed by atoms with Gasteiger partial charge in [-0.3, -0.25) is 4.79 Å². The molecule has 3 aromatic carbocycles. The molecule has 0 fully saturated rings. The summed E-state index contributed by atoms with van der Waals surface area (Å²) in [4.78, 5) is 13.1. The number of carbonyl (C=O) groups is 1. The topological polar surface area (TPSA) is 81.4 Å². The Morgan fingerprint density at radius 2 is 1.41 bits per heavy atom. The SMILES string of the molecule is O=C(NCCOc1ccc2nnc(-c3ccccc3)n2n1)C(c1ccccc1)c1ccccc1. The first kappa shape index (κ1) is 21.3. The number of rotatable bonds is 8. The van der Waals surface area contributed by atoms with Gasteiger partial charge < -0.3 is 10.1 Å². The summed E-state index contributed by atoms with van der Waals surface area (Å²) in [5, 5.41) is 15.9. The van der Waals surface area contributed by atoms with Crippen LogP contribution < -0.4 is 10.1 Å². The van der Waals surface area contributed by atoms with Gasteiger partial charge in [0.05, 0.1) is 12.5 Å². The molecular formula is C27H23N5O2. The Morgan fingerprint density at radius 3 is 2.06 bits per heavy atom. The lowest BCUT2D eigenvalue weighted by Gasteiger charge is -2.18. The third-order valence-electron chi connectivity index (χ3n) is 5.45. The molecule has 2 heterocycles. The lowest BCUT2D eigenvalue weighted by molar-refractivity contribution is -0.121. The van der Waals surface area contributed by atoms with Gasteiger partial charge in [0.25, 0.3) is 0 Å². The van der Waals surface area contributed by atoms with Gasteiger partial charge in [0.15, 0.2) is 11.5 Å². The second-order valence-corrected chi connectivity index (χ2v) is 7.73. The van der Waals surface area contributed by atoms with Crippen molar-refractivity contribution in [2.45, 2.75) is 5.92 Å². The van der Waals surface area contributed by atoms with E-state index >= 15 is 0 Å². The smallest absolute Gasteiger partial charge is 0.232 e. The Bertz CT molecular complexity index is 1330. The van der Waals surface area contributed by atoms with Crippen LogP contribution >= 0.6 is 0 Å². The highest BCUT2D eigenvalue weighted by atomic mass is 16.5. The van der Waals surface area contributed by atoms with E-state index in [0.29, 0.717) is 23.9 Å². The molecule has 0 aliphatic heterocycles. The van der Waals surface area contributed by atoms with E-state index in [4.69, 9.17) is 4.74 Å². The quantitative estimate of drug-likeness (QED) is 0.361. The van der Waals surface area contributed by atoms with Crippen molar-refractivity contribution in [3.63, 3.8) is 0 Å². The van der Waals surface area contributed by atoms with Crippen molar-refractivity contribution < 1.29 is 9.53 Å². The summed E-state index contributed by atoms with van der Waals surface area (Å²) >= 11 is 0. The van der Waals surface area contributed by atoms with Crippen LogP contribution in [-0.4, -0.2) is 38.9 Å². The molecule has 2 aromatic heterocycles. The van der Waals surface area contributed by atoms with Crippen LogP contribution in [0.2, 0.25) is 0 Å².